The summed E-state index contributed by atoms with van der Waals surface area (Å²) >= 11 is 6.07. The minimum Gasteiger partial charge on any atom is -0.361 e. The van der Waals surface area contributed by atoms with E-state index in [1.54, 1.807) is 0 Å². The molecule has 1 heterocycles. The van der Waals surface area contributed by atoms with Crippen molar-refractivity contribution in [1.82, 2.24) is 10.3 Å². The van der Waals surface area contributed by atoms with Gasteiger partial charge in [0.05, 0.1) is 0 Å². The molecule has 0 bridgehead atoms. The fourth-order valence-corrected chi connectivity index (χ4v) is 3.65. The molecule has 0 aliphatic rings. The lowest BCUT2D eigenvalue weighted by atomic mass is 9.88. The Bertz CT molecular complexity index is 869. The van der Waals surface area contributed by atoms with Crippen molar-refractivity contribution in [2.45, 2.75) is 44.9 Å². The lowest BCUT2D eigenvalue weighted by Crippen LogP contribution is -2.26. The van der Waals surface area contributed by atoms with Crippen LogP contribution in [-0.2, 0) is 4.79 Å². The van der Waals surface area contributed by atoms with Crippen LogP contribution in [0.4, 0.5) is 0 Å². The average molecular weight is 383 g/mol. The maximum Gasteiger partial charge on any atom is 0.220 e. The molecule has 0 aliphatic heterocycles. The van der Waals surface area contributed by atoms with E-state index in [-0.39, 0.29) is 11.8 Å². The molecule has 2 N–H and O–H groups in total. The first kappa shape index (κ1) is 19.5. The van der Waals surface area contributed by atoms with Gasteiger partial charge in [-0.15, -0.1) is 0 Å². The standard InChI is InChI=1S/C23H27ClN2O/c1-2-3-4-7-14-25-23(27)15-20(17-10-12-18(24)13-11-17)21-16-26-22-9-6-5-8-19(21)22/h5-6,8-13,16,20,26H,2-4,7,14-15H2,1H3,(H,25,27)/t20-/m1/s1. The molecule has 3 aromatic rings. The number of H-pyrrole nitrogens is 1. The monoisotopic (exact) mass is 382 g/mol. The topological polar surface area (TPSA) is 44.9 Å². The number of carbonyl (C=O) groups excluding carboxylic acids is 1. The van der Waals surface area contributed by atoms with Crippen molar-refractivity contribution in [2.24, 2.45) is 0 Å². The molecule has 0 fully saturated rings. The Morgan fingerprint density at radius 1 is 1.07 bits per heavy atom. The predicted molar refractivity (Wildman–Crippen MR) is 113 cm³/mol. The summed E-state index contributed by atoms with van der Waals surface area (Å²) < 4.78 is 0. The Morgan fingerprint density at radius 2 is 1.85 bits per heavy atom. The minimum atomic E-state index is -0.00550. The molecule has 1 aromatic heterocycles. The third kappa shape index (κ3) is 5.14. The minimum absolute atomic E-state index is 0.00550. The van der Waals surface area contributed by atoms with Crippen molar-refractivity contribution in [3.8, 4) is 0 Å². The summed E-state index contributed by atoms with van der Waals surface area (Å²) in [7, 11) is 0. The molecule has 1 atom stereocenters. The number of unbranched alkanes of at least 4 members (excludes halogenated alkanes) is 3. The second-order valence-corrected chi connectivity index (χ2v) is 7.44. The number of fused-ring (bicyclic) bond motifs is 1. The number of aromatic amines is 1. The number of carbonyl (C=O) groups is 1. The van der Waals surface area contributed by atoms with Gasteiger partial charge in [0.2, 0.25) is 5.91 Å². The van der Waals surface area contributed by atoms with Gasteiger partial charge in [0.1, 0.15) is 0 Å². The lowest BCUT2D eigenvalue weighted by Gasteiger charge is -2.17. The molecule has 1 amide bonds. The highest BCUT2D eigenvalue weighted by Crippen LogP contribution is 2.33. The van der Waals surface area contributed by atoms with Crippen LogP contribution in [-0.4, -0.2) is 17.4 Å². The Morgan fingerprint density at radius 3 is 2.63 bits per heavy atom. The van der Waals surface area contributed by atoms with Crippen molar-refractivity contribution >= 4 is 28.4 Å². The normalized spacial score (nSPS) is 12.2. The van der Waals surface area contributed by atoms with Crippen LogP contribution in [0.15, 0.2) is 54.7 Å². The van der Waals surface area contributed by atoms with Crippen molar-refractivity contribution in [3.63, 3.8) is 0 Å². The largest absolute Gasteiger partial charge is 0.361 e. The number of para-hydroxylation sites is 1. The van der Waals surface area contributed by atoms with Gasteiger partial charge in [-0.1, -0.05) is 68.1 Å². The third-order valence-electron chi connectivity index (χ3n) is 5.01. The molecule has 3 rings (SSSR count). The Labute approximate surface area is 166 Å². The molecule has 0 saturated carbocycles. The van der Waals surface area contributed by atoms with E-state index in [2.05, 4.69) is 29.4 Å². The van der Waals surface area contributed by atoms with Crippen LogP contribution < -0.4 is 5.32 Å². The second kappa shape index (κ2) is 9.61. The van der Waals surface area contributed by atoms with Crippen LogP contribution in [0, 0.1) is 0 Å². The zero-order valence-corrected chi connectivity index (χ0v) is 16.6. The van der Waals surface area contributed by atoms with Gasteiger partial charge in [0, 0.05) is 41.0 Å². The van der Waals surface area contributed by atoms with E-state index in [9.17, 15) is 4.79 Å². The summed E-state index contributed by atoms with van der Waals surface area (Å²) in [5.41, 5.74) is 3.34. The van der Waals surface area contributed by atoms with Crippen molar-refractivity contribution in [3.05, 3.63) is 70.9 Å². The molecule has 4 heteroatoms. The van der Waals surface area contributed by atoms with E-state index < -0.39 is 0 Å². The zero-order chi connectivity index (χ0) is 19.1. The molecule has 27 heavy (non-hydrogen) atoms. The molecule has 142 valence electrons. The number of hydrogen-bond donors (Lipinski definition) is 2. The summed E-state index contributed by atoms with van der Waals surface area (Å²) in [6.07, 6.45) is 7.08. The Hall–Kier alpha value is -2.26. The van der Waals surface area contributed by atoms with Crippen molar-refractivity contribution in [1.29, 1.82) is 0 Å². The molecule has 0 saturated heterocycles. The number of hydrogen-bond acceptors (Lipinski definition) is 1. The van der Waals surface area contributed by atoms with Crippen LogP contribution in [0.25, 0.3) is 10.9 Å². The number of aromatic nitrogens is 1. The fourth-order valence-electron chi connectivity index (χ4n) is 3.52. The molecule has 0 aliphatic carbocycles. The van der Waals surface area contributed by atoms with Gasteiger partial charge in [-0.2, -0.15) is 0 Å². The molecule has 0 unspecified atom stereocenters. The van der Waals surface area contributed by atoms with Gasteiger partial charge in [0.25, 0.3) is 0 Å². The van der Waals surface area contributed by atoms with Crippen LogP contribution in [0.1, 0.15) is 56.1 Å². The van der Waals surface area contributed by atoms with Crippen molar-refractivity contribution in [2.75, 3.05) is 6.54 Å². The highest BCUT2D eigenvalue weighted by Gasteiger charge is 2.21. The molecule has 0 spiro atoms. The predicted octanol–water partition coefficient (Wildman–Crippen LogP) is 6.04. The fraction of sp³-hybridized carbons (Fsp3) is 0.348. The molecular formula is C23H27ClN2O. The lowest BCUT2D eigenvalue weighted by molar-refractivity contribution is -0.121. The zero-order valence-electron chi connectivity index (χ0n) is 15.8. The summed E-state index contributed by atoms with van der Waals surface area (Å²) in [6.45, 7) is 2.94. The summed E-state index contributed by atoms with van der Waals surface area (Å²) in [6, 6.07) is 16.0. The van der Waals surface area contributed by atoms with E-state index in [0.717, 1.165) is 35.0 Å². The number of benzene rings is 2. The third-order valence-corrected chi connectivity index (χ3v) is 5.26. The van der Waals surface area contributed by atoms with Crippen LogP contribution >= 0.6 is 11.6 Å². The van der Waals surface area contributed by atoms with E-state index in [1.807, 2.05) is 42.6 Å². The second-order valence-electron chi connectivity index (χ2n) is 7.01. The smallest absolute Gasteiger partial charge is 0.220 e. The summed E-state index contributed by atoms with van der Waals surface area (Å²) in [5.74, 6) is 0.0887. The van der Waals surface area contributed by atoms with E-state index in [0.29, 0.717) is 11.4 Å². The Kier molecular flexibility index (Phi) is 6.94. The van der Waals surface area contributed by atoms with Crippen LogP contribution in [0.2, 0.25) is 5.02 Å². The van der Waals surface area contributed by atoms with Crippen LogP contribution in [0.5, 0.6) is 0 Å². The van der Waals surface area contributed by atoms with E-state index in [1.165, 1.54) is 19.3 Å². The summed E-state index contributed by atoms with van der Waals surface area (Å²) in [5, 5.41) is 4.95. The number of halogens is 1. The Balaban J connectivity index is 1.78. The number of nitrogens with one attached hydrogen (secondary N) is 2. The van der Waals surface area contributed by atoms with Crippen molar-refractivity contribution < 1.29 is 4.79 Å². The van der Waals surface area contributed by atoms with Crippen LogP contribution in [0.3, 0.4) is 0 Å². The SMILES string of the molecule is CCCCCCNC(=O)C[C@H](c1ccc(Cl)cc1)c1c[nH]c2ccccc12. The maximum absolute atomic E-state index is 12.6. The first-order valence-corrected chi connectivity index (χ1v) is 10.1. The van der Waals surface area contributed by atoms with Gasteiger partial charge >= 0.3 is 0 Å². The quantitative estimate of drug-likeness (QED) is 0.435. The van der Waals surface area contributed by atoms with E-state index in [4.69, 9.17) is 11.6 Å². The first-order valence-electron chi connectivity index (χ1n) is 9.77. The first-order chi connectivity index (χ1) is 13.2. The molecular weight excluding hydrogens is 356 g/mol. The number of amides is 1. The van der Waals surface area contributed by atoms with Gasteiger partial charge in [0.15, 0.2) is 0 Å². The maximum atomic E-state index is 12.6. The molecule has 0 radical (unpaired) electrons. The summed E-state index contributed by atoms with van der Waals surface area (Å²) in [4.78, 5) is 15.9. The van der Waals surface area contributed by atoms with Gasteiger partial charge in [-0.3, -0.25) is 4.79 Å². The van der Waals surface area contributed by atoms with Gasteiger partial charge < -0.3 is 10.3 Å². The highest BCUT2D eigenvalue weighted by molar-refractivity contribution is 6.30. The molecule has 2 aromatic carbocycles. The number of rotatable bonds is 9. The van der Waals surface area contributed by atoms with Gasteiger partial charge in [-0.05, 0) is 35.7 Å². The highest BCUT2D eigenvalue weighted by atomic mass is 35.5. The average Bonchev–Trinajstić information content (AvgIpc) is 3.11. The van der Waals surface area contributed by atoms with Gasteiger partial charge in [-0.25, -0.2) is 0 Å². The van der Waals surface area contributed by atoms with E-state index >= 15 is 0 Å². The molecule has 3 nitrogen and oxygen atoms in total.